The first kappa shape index (κ1) is 31.8. The minimum absolute atomic E-state index is 0.0256. The molecule has 0 fully saturated rings. The van der Waals surface area contributed by atoms with Gasteiger partial charge < -0.3 is 29.5 Å². The van der Waals surface area contributed by atoms with E-state index in [0.29, 0.717) is 11.8 Å². The minimum atomic E-state index is -4.46. The quantitative estimate of drug-likeness (QED) is 0.230. The molecule has 2 aromatic rings. The maximum Gasteiger partial charge on any atom is 0.411 e. The van der Waals surface area contributed by atoms with Gasteiger partial charge >= 0.3 is 18.2 Å². The molecule has 0 spiro atoms. The van der Waals surface area contributed by atoms with Crippen LogP contribution in [-0.4, -0.2) is 73.8 Å². The standard InChI is InChI=1S/C26H31F5N2O6/c1-2-38-23(24(34)35)14-18-4-8-21(9-5-18)39-13-11-33(10-3-12-37-17-26(29,30)31)25(36)32-16-19-6-7-20(27)15-22(19)28/h4-9,15,23H,2-3,10-14,16-17H2,1H3,(H,32,36)(H,34,35). The molecule has 2 amide bonds. The molecular weight excluding hydrogens is 531 g/mol. The molecule has 0 aliphatic carbocycles. The molecule has 8 nitrogen and oxygen atoms in total. The molecule has 2 aromatic carbocycles. The third kappa shape index (κ3) is 12.3. The molecule has 0 saturated heterocycles. The van der Waals surface area contributed by atoms with Crippen molar-refractivity contribution >= 4 is 12.0 Å². The van der Waals surface area contributed by atoms with E-state index in [-0.39, 0.29) is 57.9 Å². The number of alkyl halides is 3. The lowest BCUT2D eigenvalue weighted by Crippen LogP contribution is -2.42. The molecule has 2 rings (SSSR count). The smallest absolute Gasteiger partial charge is 0.411 e. The minimum Gasteiger partial charge on any atom is -0.492 e. The SMILES string of the molecule is CCOC(Cc1ccc(OCCN(CCCOCC(F)(F)F)C(=O)NCc2ccc(F)cc2F)cc1)C(=O)O. The highest BCUT2D eigenvalue weighted by Crippen LogP contribution is 2.16. The van der Waals surface area contributed by atoms with Crippen LogP contribution in [0.1, 0.15) is 24.5 Å². The van der Waals surface area contributed by atoms with Gasteiger partial charge in [0.2, 0.25) is 0 Å². The topological polar surface area (TPSA) is 97.3 Å². The number of nitrogens with one attached hydrogen (secondary N) is 1. The van der Waals surface area contributed by atoms with Gasteiger partial charge in [-0.3, -0.25) is 0 Å². The van der Waals surface area contributed by atoms with Crippen molar-refractivity contribution in [3.63, 3.8) is 0 Å². The third-order valence-corrected chi connectivity index (χ3v) is 5.33. The first-order chi connectivity index (χ1) is 18.5. The number of hydrogen-bond donors (Lipinski definition) is 2. The van der Waals surface area contributed by atoms with Crippen molar-refractivity contribution in [2.45, 2.75) is 38.6 Å². The number of halogens is 5. The van der Waals surface area contributed by atoms with E-state index in [1.165, 1.54) is 11.0 Å². The highest BCUT2D eigenvalue weighted by molar-refractivity contribution is 5.74. The summed E-state index contributed by atoms with van der Waals surface area (Å²) >= 11 is 0. The van der Waals surface area contributed by atoms with Crippen LogP contribution in [0.15, 0.2) is 42.5 Å². The van der Waals surface area contributed by atoms with Crippen LogP contribution in [0, 0.1) is 11.6 Å². The van der Waals surface area contributed by atoms with Crippen LogP contribution in [0.3, 0.4) is 0 Å². The number of hydrogen-bond acceptors (Lipinski definition) is 5. The van der Waals surface area contributed by atoms with Crippen LogP contribution in [0.4, 0.5) is 26.7 Å². The van der Waals surface area contributed by atoms with Gasteiger partial charge in [-0.05, 0) is 37.1 Å². The molecule has 216 valence electrons. The van der Waals surface area contributed by atoms with Crippen molar-refractivity contribution < 1.29 is 50.9 Å². The number of amides is 2. The largest absolute Gasteiger partial charge is 0.492 e. The molecule has 0 bridgehead atoms. The van der Waals surface area contributed by atoms with Crippen molar-refractivity contribution in [2.24, 2.45) is 0 Å². The Labute approximate surface area is 222 Å². The summed E-state index contributed by atoms with van der Waals surface area (Å²) in [6.07, 6.45) is -5.16. The van der Waals surface area contributed by atoms with E-state index in [1.54, 1.807) is 31.2 Å². The number of nitrogens with zero attached hydrogens (tertiary/aromatic N) is 1. The summed E-state index contributed by atoms with van der Waals surface area (Å²) < 4.78 is 79.2. The van der Waals surface area contributed by atoms with E-state index < -0.39 is 42.5 Å². The number of urea groups is 1. The first-order valence-electron chi connectivity index (χ1n) is 12.2. The molecule has 2 N–H and O–H groups in total. The summed E-state index contributed by atoms with van der Waals surface area (Å²) in [5, 5.41) is 11.7. The number of carboxylic acid groups (broad SMARTS) is 1. The predicted molar refractivity (Wildman–Crippen MR) is 130 cm³/mol. The second kappa shape index (κ2) is 15.8. The van der Waals surface area contributed by atoms with E-state index >= 15 is 0 Å². The molecule has 13 heteroatoms. The molecule has 0 aliphatic heterocycles. The third-order valence-electron chi connectivity index (χ3n) is 5.33. The molecule has 1 atom stereocenters. The van der Waals surface area contributed by atoms with Gasteiger partial charge in [-0.2, -0.15) is 13.2 Å². The van der Waals surface area contributed by atoms with Gasteiger partial charge in [0.1, 0.15) is 30.6 Å². The van der Waals surface area contributed by atoms with Crippen molar-refractivity contribution in [1.29, 1.82) is 0 Å². The Morgan fingerprint density at radius 2 is 1.77 bits per heavy atom. The number of benzene rings is 2. The van der Waals surface area contributed by atoms with Crippen molar-refractivity contribution in [3.8, 4) is 5.75 Å². The van der Waals surface area contributed by atoms with E-state index in [4.69, 9.17) is 9.47 Å². The van der Waals surface area contributed by atoms with Crippen LogP contribution >= 0.6 is 0 Å². The zero-order chi connectivity index (χ0) is 28.8. The molecule has 0 radical (unpaired) electrons. The lowest BCUT2D eigenvalue weighted by atomic mass is 10.1. The second-order valence-electron chi connectivity index (χ2n) is 8.38. The number of carbonyl (C=O) groups excluding carboxylic acids is 1. The van der Waals surface area contributed by atoms with Crippen LogP contribution in [0.2, 0.25) is 0 Å². The summed E-state index contributed by atoms with van der Waals surface area (Å²) in [6, 6.07) is 8.95. The zero-order valence-electron chi connectivity index (χ0n) is 21.3. The highest BCUT2D eigenvalue weighted by atomic mass is 19.4. The average Bonchev–Trinajstić information content (AvgIpc) is 2.86. The van der Waals surface area contributed by atoms with Crippen LogP contribution in [0.25, 0.3) is 0 Å². The summed E-state index contributed by atoms with van der Waals surface area (Å²) in [5.41, 5.74) is 0.778. The maximum absolute atomic E-state index is 13.9. The Morgan fingerprint density at radius 1 is 1.05 bits per heavy atom. The van der Waals surface area contributed by atoms with Gasteiger partial charge in [-0.1, -0.05) is 18.2 Å². The Kier molecular flexibility index (Phi) is 12.9. The van der Waals surface area contributed by atoms with Crippen molar-refractivity contribution in [2.75, 3.05) is 39.5 Å². The lowest BCUT2D eigenvalue weighted by molar-refractivity contribution is -0.174. The fourth-order valence-corrected chi connectivity index (χ4v) is 3.44. The second-order valence-corrected chi connectivity index (χ2v) is 8.38. The van der Waals surface area contributed by atoms with E-state index in [0.717, 1.165) is 11.6 Å². The average molecular weight is 563 g/mol. The first-order valence-corrected chi connectivity index (χ1v) is 12.2. The molecular formula is C26H31F5N2O6. The predicted octanol–water partition coefficient (Wildman–Crippen LogP) is 4.56. The van der Waals surface area contributed by atoms with E-state index in [1.807, 2.05) is 0 Å². The number of ether oxygens (including phenoxy) is 3. The summed E-state index contributed by atoms with van der Waals surface area (Å²) in [7, 11) is 0. The lowest BCUT2D eigenvalue weighted by Gasteiger charge is -2.23. The van der Waals surface area contributed by atoms with E-state index in [2.05, 4.69) is 10.1 Å². The fourth-order valence-electron chi connectivity index (χ4n) is 3.44. The van der Waals surface area contributed by atoms with Crippen LogP contribution in [-0.2, 0) is 27.2 Å². The Hall–Kier alpha value is -3.45. The summed E-state index contributed by atoms with van der Waals surface area (Å²) in [5.74, 6) is -2.21. The van der Waals surface area contributed by atoms with Gasteiger partial charge in [0.25, 0.3) is 0 Å². The van der Waals surface area contributed by atoms with Gasteiger partial charge in [-0.15, -0.1) is 0 Å². The molecule has 0 saturated carbocycles. The Bertz CT molecular complexity index is 1050. The Balaban J connectivity index is 1.91. The van der Waals surface area contributed by atoms with Gasteiger partial charge in [-0.25, -0.2) is 18.4 Å². The van der Waals surface area contributed by atoms with Crippen molar-refractivity contribution in [1.82, 2.24) is 10.2 Å². The van der Waals surface area contributed by atoms with Gasteiger partial charge in [0.15, 0.2) is 6.10 Å². The Morgan fingerprint density at radius 3 is 2.38 bits per heavy atom. The number of rotatable bonds is 16. The molecule has 0 heterocycles. The number of aliphatic carboxylic acids is 1. The maximum atomic E-state index is 13.9. The zero-order valence-corrected chi connectivity index (χ0v) is 21.3. The van der Waals surface area contributed by atoms with Crippen molar-refractivity contribution in [3.05, 3.63) is 65.2 Å². The normalized spacial score (nSPS) is 12.2. The van der Waals surface area contributed by atoms with Gasteiger partial charge in [0, 0.05) is 44.4 Å². The van der Waals surface area contributed by atoms with E-state index in [9.17, 15) is 36.6 Å². The summed E-state index contributed by atoms with van der Waals surface area (Å²) in [6.45, 7) is 0.196. The van der Waals surface area contributed by atoms with Crippen LogP contribution in [0.5, 0.6) is 5.75 Å². The molecule has 0 aromatic heterocycles. The molecule has 39 heavy (non-hydrogen) atoms. The monoisotopic (exact) mass is 562 g/mol. The fraction of sp³-hybridized carbons (Fsp3) is 0.462. The van der Waals surface area contributed by atoms with Gasteiger partial charge in [0.05, 0.1) is 6.54 Å². The molecule has 1 unspecified atom stereocenters. The van der Waals surface area contributed by atoms with Crippen LogP contribution < -0.4 is 10.1 Å². The molecule has 0 aliphatic rings. The highest BCUT2D eigenvalue weighted by Gasteiger charge is 2.27. The summed E-state index contributed by atoms with van der Waals surface area (Å²) in [4.78, 5) is 25.2. The number of carbonyl (C=O) groups is 2. The number of carboxylic acids is 1.